The molecule has 1 fully saturated rings. The SMILES string of the molecule is CC1CCN(C(=O)CNC=O)C1C(=O)NC(C#N)c1cncc2ccncc12. The second kappa shape index (κ2) is 8.43. The molecule has 1 saturated heterocycles. The van der Waals surface area contributed by atoms with Crippen LogP contribution in [0.3, 0.4) is 0 Å². The first-order chi connectivity index (χ1) is 13.6. The molecule has 0 aromatic carbocycles. The third-order valence-electron chi connectivity index (χ3n) is 4.95. The minimum absolute atomic E-state index is 0.0631. The largest absolute Gasteiger partial charge is 0.350 e. The Morgan fingerprint density at radius 1 is 1.39 bits per heavy atom. The smallest absolute Gasteiger partial charge is 0.244 e. The van der Waals surface area contributed by atoms with Gasteiger partial charge in [0, 0.05) is 47.7 Å². The first kappa shape index (κ1) is 19.2. The molecule has 2 N–H and O–H groups in total. The van der Waals surface area contributed by atoms with E-state index in [0.717, 1.165) is 10.8 Å². The van der Waals surface area contributed by atoms with Gasteiger partial charge < -0.3 is 15.5 Å². The number of nitriles is 1. The lowest BCUT2D eigenvalue weighted by Crippen LogP contribution is -2.50. The van der Waals surface area contributed by atoms with Crippen LogP contribution in [0.1, 0.15) is 24.9 Å². The Balaban J connectivity index is 1.82. The molecule has 1 aliphatic rings. The van der Waals surface area contributed by atoms with Gasteiger partial charge in [0.2, 0.25) is 18.2 Å². The summed E-state index contributed by atoms with van der Waals surface area (Å²) in [6, 6.07) is 2.25. The van der Waals surface area contributed by atoms with Crippen LogP contribution in [0, 0.1) is 17.2 Å². The van der Waals surface area contributed by atoms with E-state index in [1.165, 1.54) is 11.1 Å². The van der Waals surface area contributed by atoms with Gasteiger partial charge in [0.1, 0.15) is 12.1 Å². The number of fused-ring (bicyclic) bond motifs is 1. The lowest BCUT2D eigenvalue weighted by atomic mass is 10.00. The highest BCUT2D eigenvalue weighted by atomic mass is 16.2. The van der Waals surface area contributed by atoms with Crippen molar-refractivity contribution in [1.82, 2.24) is 25.5 Å². The first-order valence-corrected chi connectivity index (χ1v) is 8.91. The molecule has 3 unspecified atom stereocenters. The number of pyridine rings is 2. The highest BCUT2D eigenvalue weighted by molar-refractivity contribution is 5.91. The Hall–Kier alpha value is -3.54. The summed E-state index contributed by atoms with van der Waals surface area (Å²) in [5.41, 5.74) is 0.549. The normalized spacial score (nSPS) is 19.6. The molecule has 3 rings (SSSR count). The van der Waals surface area contributed by atoms with Gasteiger partial charge in [-0.1, -0.05) is 6.92 Å². The highest BCUT2D eigenvalue weighted by Crippen LogP contribution is 2.26. The van der Waals surface area contributed by atoms with Crippen molar-refractivity contribution in [3.8, 4) is 6.07 Å². The number of hydrogen-bond donors (Lipinski definition) is 2. The molecule has 0 spiro atoms. The molecule has 0 bridgehead atoms. The van der Waals surface area contributed by atoms with Crippen LogP contribution in [0.25, 0.3) is 10.8 Å². The zero-order valence-electron chi connectivity index (χ0n) is 15.3. The number of carbonyl (C=O) groups excluding carboxylic acids is 3. The van der Waals surface area contributed by atoms with Crippen molar-refractivity contribution in [2.45, 2.75) is 25.4 Å². The van der Waals surface area contributed by atoms with Gasteiger partial charge in [0.05, 0.1) is 12.6 Å². The van der Waals surface area contributed by atoms with Crippen LogP contribution in [-0.4, -0.2) is 52.2 Å². The number of nitrogens with one attached hydrogen (secondary N) is 2. The summed E-state index contributed by atoms with van der Waals surface area (Å²) in [4.78, 5) is 45.4. The fourth-order valence-electron chi connectivity index (χ4n) is 3.52. The molecular weight excluding hydrogens is 360 g/mol. The molecule has 9 heteroatoms. The van der Waals surface area contributed by atoms with Crippen molar-refractivity contribution in [2.24, 2.45) is 5.92 Å². The maximum Gasteiger partial charge on any atom is 0.244 e. The Kier molecular flexibility index (Phi) is 5.79. The van der Waals surface area contributed by atoms with Crippen LogP contribution in [0.5, 0.6) is 0 Å². The van der Waals surface area contributed by atoms with Gasteiger partial charge in [-0.2, -0.15) is 5.26 Å². The number of amides is 3. The van der Waals surface area contributed by atoms with E-state index in [1.807, 2.05) is 6.92 Å². The Morgan fingerprint density at radius 2 is 2.21 bits per heavy atom. The standard InChI is InChI=1S/C19H20N6O3/c1-12-3-5-25(17(27)10-23-11-26)18(12)19(28)24-16(6-20)15-9-22-7-13-2-4-21-8-14(13)15/h2,4,7-9,11-12,16,18H,3,5,10H2,1H3,(H,23,26)(H,24,28). The van der Waals surface area contributed by atoms with E-state index in [2.05, 4.69) is 26.7 Å². The lowest BCUT2D eigenvalue weighted by Gasteiger charge is -2.27. The summed E-state index contributed by atoms with van der Waals surface area (Å²) in [5, 5.41) is 16.2. The predicted octanol–water partition coefficient (Wildman–Crippen LogP) is 0.294. The monoisotopic (exact) mass is 380 g/mol. The predicted molar refractivity (Wildman–Crippen MR) is 99.4 cm³/mol. The van der Waals surface area contributed by atoms with Crippen molar-refractivity contribution in [2.75, 3.05) is 13.1 Å². The van der Waals surface area contributed by atoms with Crippen LogP contribution in [0.2, 0.25) is 0 Å². The number of rotatable bonds is 6. The van der Waals surface area contributed by atoms with Gasteiger partial charge in [0.25, 0.3) is 0 Å². The van der Waals surface area contributed by atoms with Crippen LogP contribution in [0.15, 0.2) is 30.9 Å². The zero-order valence-corrected chi connectivity index (χ0v) is 15.3. The van der Waals surface area contributed by atoms with E-state index in [-0.39, 0.29) is 18.4 Å². The lowest BCUT2D eigenvalue weighted by molar-refractivity contribution is -0.139. The molecule has 3 atom stereocenters. The van der Waals surface area contributed by atoms with Crippen LogP contribution >= 0.6 is 0 Å². The van der Waals surface area contributed by atoms with Gasteiger partial charge in [-0.25, -0.2) is 0 Å². The molecule has 0 saturated carbocycles. The average Bonchev–Trinajstić information content (AvgIpc) is 3.11. The summed E-state index contributed by atoms with van der Waals surface area (Å²) in [6.07, 6.45) is 7.57. The minimum Gasteiger partial charge on any atom is -0.350 e. The molecule has 28 heavy (non-hydrogen) atoms. The molecule has 2 aromatic rings. The Bertz CT molecular complexity index is 935. The average molecular weight is 380 g/mol. The number of nitrogens with zero attached hydrogens (tertiary/aromatic N) is 4. The van der Waals surface area contributed by atoms with Crippen LogP contribution in [-0.2, 0) is 14.4 Å². The summed E-state index contributed by atoms with van der Waals surface area (Å²) in [7, 11) is 0. The molecule has 2 aromatic heterocycles. The summed E-state index contributed by atoms with van der Waals surface area (Å²) in [6.45, 7) is 2.14. The summed E-state index contributed by atoms with van der Waals surface area (Å²) >= 11 is 0. The number of likely N-dealkylation sites (tertiary alicyclic amines) is 1. The van der Waals surface area contributed by atoms with E-state index < -0.39 is 18.0 Å². The van der Waals surface area contributed by atoms with Gasteiger partial charge in [0.15, 0.2) is 0 Å². The van der Waals surface area contributed by atoms with Gasteiger partial charge >= 0.3 is 0 Å². The maximum absolute atomic E-state index is 12.9. The van der Waals surface area contributed by atoms with Crippen molar-refractivity contribution >= 4 is 29.0 Å². The quantitative estimate of drug-likeness (QED) is 0.694. The highest BCUT2D eigenvalue weighted by Gasteiger charge is 2.40. The molecule has 144 valence electrons. The molecule has 0 radical (unpaired) electrons. The van der Waals surface area contributed by atoms with Crippen molar-refractivity contribution in [3.63, 3.8) is 0 Å². The fraction of sp³-hybridized carbons (Fsp3) is 0.368. The Morgan fingerprint density at radius 3 is 2.96 bits per heavy atom. The van der Waals surface area contributed by atoms with Gasteiger partial charge in [-0.3, -0.25) is 24.4 Å². The summed E-state index contributed by atoms with van der Waals surface area (Å²) in [5.74, 6) is -0.801. The molecular formula is C19H20N6O3. The Labute approximate surface area is 161 Å². The van der Waals surface area contributed by atoms with Crippen molar-refractivity contribution in [1.29, 1.82) is 5.26 Å². The minimum atomic E-state index is -0.925. The fourth-order valence-corrected chi connectivity index (χ4v) is 3.52. The van der Waals surface area contributed by atoms with Crippen molar-refractivity contribution < 1.29 is 14.4 Å². The van der Waals surface area contributed by atoms with E-state index in [1.54, 1.807) is 24.7 Å². The molecule has 1 aliphatic heterocycles. The second-order valence-corrected chi connectivity index (χ2v) is 6.69. The van der Waals surface area contributed by atoms with Crippen LogP contribution in [0.4, 0.5) is 0 Å². The molecule has 0 aliphatic carbocycles. The van der Waals surface area contributed by atoms with E-state index >= 15 is 0 Å². The molecule has 3 amide bonds. The zero-order chi connectivity index (χ0) is 20.1. The number of hydrogen-bond acceptors (Lipinski definition) is 6. The topological polar surface area (TPSA) is 128 Å². The molecule has 3 heterocycles. The van der Waals surface area contributed by atoms with E-state index in [0.29, 0.717) is 24.9 Å². The van der Waals surface area contributed by atoms with E-state index in [9.17, 15) is 19.6 Å². The van der Waals surface area contributed by atoms with Crippen molar-refractivity contribution in [3.05, 3.63) is 36.4 Å². The van der Waals surface area contributed by atoms with Gasteiger partial charge in [-0.15, -0.1) is 0 Å². The van der Waals surface area contributed by atoms with Crippen LogP contribution < -0.4 is 10.6 Å². The maximum atomic E-state index is 12.9. The third-order valence-corrected chi connectivity index (χ3v) is 4.95. The van der Waals surface area contributed by atoms with Gasteiger partial charge in [-0.05, 0) is 18.4 Å². The third kappa shape index (κ3) is 3.76. The summed E-state index contributed by atoms with van der Waals surface area (Å²) < 4.78 is 0. The number of carbonyl (C=O) groups is 3. The second-order valence-electron chi connectivity index (χ2n) is 6.69. The molecule has 9 nitrogen and oxygen atoms in total. The number of aromatic nitrogens is 2. The first-order valence-electron chi connectivity index (χ1n) is 8.91. The van der Waals surface area contributed by atoms with E-state index in [4.69, 9.17) is 0 Å².